The van der Waals surface area contributed by atoms with Crippen molar-refractivity contribution in [3.8, 4) is 43.4 Å². The zero-order valence-electron chi connectivity index (χ0n) is 54.5. The number of Topliss-reactive ketones (excluding diaryl/α,β-unsaturated/α-hetero) is 1. The van der Waals surface area contributed by atoms with Crippen molar-refractivity contribution < 1.29 is 43.4 Å². The number of ether oxygens (including phenoxy) is 1. The molecule has 2 saturated heterocycles. The summed E-state index contributed by atoms with van der Waals surface area (Å²) in [6.45, 7) is 13.0. The molecular formula is C67H77N15O9S6. The van der Waals surface area contributed by atoms with Crippen LogP contribution >= 0.6 is 68.0 Å². The standard InChI is InChI=1S/C67H77N15O9S6/c1-36(2)42-28-48(83)53-37(3)96-65(78-53)44(29-51(84)68-4)71-59(88)46-33-92-61(73-46)41-18-19-43(63-76-50(35-95-63)75-58(87)39-14-16-40(17-15-39)67(90)82-26-24-81(25-27-82)23-22-80-20-10-7-11-21-80)70-54(41)45-32-93-64(72-45)47-34-94-66(74-47)56(57(86)38-12-8-6-9-13-38)77-52(85)30-69-60(89)55-49(31-91-5)97-62(42)79-55/h6,8-9,12-13,18-19,32-36,39-40,42,44,56-57,86H,7,10-11,14-17,20-31H2,1-5H3,(H,68,84)(H,69,89)(H,71,88)(H,75,87)(H,77,85)/t39?,40?,42-,44-,56-,57-/m0/s1. The van der Waals surface area contributed by atoms with Crippen LogP contribution in [-0.4, -0.2) is 169 Å². The van der Waals surface area contributed by atoms with Gasteiger partial charge in [-0.2, -0.15) is 0 Å². The van der Waals surface area contributed by atoms with Crippen LogP contribution in [0.1, 0.15) is 158 Å². The first-order chi connectivity index (χ1) is 47.0. The summed E-state index contributed by atoms with van der Waals surface area (Å²) in [4.78, 5) is 140. The third-order valence-corrected chi connectivity index (χ3v) is 23.9. The molecule has 8 aromatic rings. The third kappa shape index (κ3) is 16.5. The number of rotatable bonds is 14. The summed E-state index contributed by atoms with van der Waals surface area (Å²) in [7, 11) is 2.99. The quantitative estimate of drug-likeness (QED) is 0.0590. The largest absolute Gasteiger partial charge is 0.386 e. The first-order valence-electron chi connectivity index (χ1n) is 32.7. The van der Waals surface area contributed by atoms with Crippen molar-refractivity contribution in [1.82, 2.24) is 70.9 Å². The zero-order chi connectivity index (χ0) is 67.9. The maximum Gasteiger partial charge on any atom is 0.271 e. The minimum absolute atomic E-state index is 0.0316. The number of thiazole rings is 6. The molecule has 1 aromatic carbocycles. The predicted octanol–water partition coefficient (Wildman–Crippen LogP) is 9.57. The highest BCUT2D eigenvalue weighted by Crippen LogP contribution is 2.41. The van der Waals surface area contributed by atoms with Crippen LogP contribution < -0.4 is 26.6 Å². The Kier molecular flexibility index (Phi) is 22.6. The van der Waals surface area contributed by atoms with Crippen LogP contribution in [0.3, 0.4) is 0 Å². The van der Waals surface area contributed by atoms with Gasteiger partial charge in [0.2, 0.25) is 23.6 Å². The van der Waals surface area contributed by atoms with E-state index in [2.05, 4.69) is 36.4 Å². The summed E-state index contributed by atoms with van der Waals surface area (Å²) in [6, 6.07) is 10.4. The van der Waals surface area contributed by atoms with Gasteiger partial charge in [-0.1, -0.05) is 50.6 Å². The van der Waals surface area contributed by atoms with E-state index in [9.17, 15) is 38.7 Å². The van der Waals surface area contributed by atoms with Crippen LogP contribution in [0.4, 0.5) is 5.82 Å². The smallest absolute Gasteiger partial charge is 0.271 e. The molecule has 24 nitrogen and oxygen atoms in total. The molecule has 3 aliphatic heterocycles. The van der Waals surface area contributed by atoms with E-state index in [-0.39, 0.29) is 77.8 Å². The van der Waals surface area contributed by atoms with Crippen LogP contribution in [0.2, 0.25) is 0 Å². The van der Waals surface area contributed by atoms with Crippen molar-refractivity contribution in [1.29, 1.82) is 0 Å². The monoisotopic (exact) mass is 1430 g/mol. The van der Waals surface area contributed by atoms with Gasteiger partial charge in [-0.05, 0) is 82.2 Å². The van der Waals surface area contributed by atoms with Gasteiger partial charge in [0.05, 0.1) is 41.2 Å². The molecule has 6 N–H and O–H groups in total. The van der Waals surface area contributed by atoms with Crippen molar-refractivity contribution in [2.24, 2.45) is 17.8 Å². The number of nitrogens with one attached hydrogen (secondary N) is 5. The van der Waals surface area contributed by atoms with Crippen LogP contribution in [-0.2, 0) is 30.5 Å². The summed E-state index contributed by atoms with van der Waals surface area (Å²) < 4.78 is 5.49. The number of aliphatic hydroxyl groups excluding tert-OH is 1. The van der Waals surface area contributed by atoms with E-state index in [0.29, 0.717) is 105 Å². The highest BCUT2D eigenvalue weighted by atomic mass is 32.1. The van der Waals surface area contributed by atoms with Gasteiger partial charge in [-0.25, -0.2) is 34.9 Å². The Morgan fingerprint density at radius 3 is 2.09 bits per heavy atom. The maximum absolute atomic E-state index is 14.4. The van der Waals surface area contributed by atoms with Crippen LogP contribution in [0.5, 0.6) is 0 Å². The zero-order valence-corrected chi connectivity index (χ0v) is 59.4. The van der Waals surface area contributed by atoms with Crippen LogP contribution in [0, 0.1) is 24.7 Å². The van der Waals surface area contributed by atoms with E-state index in [1.165, 1.54) is 115 Å². The van der Waals surface area contributed by atoms with Crippen molar-refractivity contribution in [3.05, 3.63) is 111 Å². The van der Waals surface area contributed by atoms with Gasteiger partial charge in [0.15, 0.2) is 5.78 Å². The Hall–Kier alpha value is -7.52. The molecule has 510 valence electrons. The van der Waals surface area contributed by atoms with E-state index < -0.39 is 48.4 Å². The van der Waals surface area contributed by atoms with Crippen LogP contribution in [0.25, 0.3) is 43.4 Å². The van der Waals surface area contributed by atoms with E-state index in [0.717, 1.165) is 39.3 Å². The number of amides is 6. The van der Waals surface area contributed by atoms with Crippen LogP contribution in [0.15, 0.2) is 64.0 Å². The number of piperazine rings is 1. The van der Waals surface area contributed by atoms with E-state index in [1.807, 2.05) is 36.3 Å². The molecule has 1 aliphatic carbocycles. The highest BCUT2D eigenvalue weighted by Gasteiger charge is 2.36. The number of hydrogen-bond donors (Lipinski definition) is 6. The number of methoxy groups -OCH3 is 1. The molecule has 0 radical (unpaired) electrons. The van der Waals surface area contributed by atoms with Gasteiger partial charge in [0, 0.05) is 110 Å². The number of likely N-dealkylation sites (tertiary alicyclic amines) is 1. The highest BCUT2D eigenvalue weighted by molar-refractivity contribution is 7.15. The Labute approximate surface area is 585 Å². The summed E-state index contributed by atoms with van der Waals surface area (Å²) >= 11 is 7.44. The number of benzene rings is 1. The lowest BCUT2D eigenvalue weighted by Crippen LogP contribution is -2.52. The minimum Gasteiger partial charge on any atom is -0.386 e. The molecule has 12 rings (SSSR count). The lowest BCUT2D eigenvalue weighted by Gasteiger charge is -2.38. The number of ketones is 1. The number of carbonyl (C=O) groups excluding carboxylic acids is 7. The molecule has 10 heterocycles. The van der Waals surface area contributed by atoms with Gasteiger partial charge >= 0.3 is 0 Å². The van der Waals surface area contributed by atoms with Gasteiger partial charge in [-0.3, -0.25) is 38.5 Å². The number of piperidine rings is 1. The van der Waals surface area contributed by atoms with Crippen molar-refractivity contribution in [2.75, 3.05) is 78.4 Å². The molecule has 1 saturated carbocycles. The van der Waals surface area contributed by atoms with Crippen molar-refractivity contribution >= 4 is 115 Å². The molecule has 4 aliphatic rings. The molecule has 3 fully saturated rings. The fourth-order valence-electron chi connectivity index (χ4n) is 12.6. The molecule has 10 bridgehead atoms. The number of aryl methyl sites for hydroxylation is 1. The molecule has 30 heteroatoms. The molecule has 0 spiro atoms. The first kappa shape index (κ1) is 69.4. The van der Waals surface area contributed by atoms with Crippen molar-refractivity contribution in [2.45, 2.75) is 109 Å². The Morgan fingerprint density at radius 1 is 0.670 bits per heavy atom. The second-order valence-corrected chi connectivity index (χ2v) is 30.9. The summed E-state index contributed by atoms with van der Waals surface area (Å²) in [5, 5.41) is 35.9. The van der Waals surface area contributed by atoms with E-state index >= 15 is 0 Å². The molecular weight excluding hydrogens is 1350 g/mol. The number of fused-ring (bicyclic) bond motifs is 14. The minimum atomic E-state index is -1.27. The number of carbonyl (C=O) groups is 7. The molecule has 97 heavy (non-hydrogen) atoms. The predicted molar refractivity (Wildman–Crippen MR) is 376 cm³/mol. The van der Waals surface area contributed by atoms with Gasteiger partial charge < -0.3 is 46.2 Å². The van der Waals surface area contributed by atoms with Gasteiger partial charge in [-0.15, -0.1) is 68.0 Å². The van der Waals surface area contributed by atoms with Crippen molar-refractivity contribution in [3.63, 3.8) is 0 Å². The number of aromatic nitrogens is 7. The summed E-state index contributed by atoms with van der Waals surface area (Å²) in [6.07, 6.45) is 4.90. The molecule has 6 amide bonds. The Balaban J connectivity index is 0.818. The average Bonchev–Trinajstić information content (AvgIpc) is 1.70. The lowest BCUT2D eigenvalue weighted by atomic mass is 9.81. The Morgan fingerprint density at radius 2 is 1.35 bits per heavy atom. The number of hydrogen-bond acceptors (Lipinski definition) is 24. The lowest BCUT2D eigenvalue weighted by molar-refractivity contribution is -0.139. The van der Waals surface area contributed by atoms with Gasteiger partial charge in [0.1, 0.15) is 77.2 Å². The average molecular weight is 1430 g/mol. The van der Waals surface area contributed by atoms with Gasteiger partial charge in [0.25, 0.3) is 11.8 Å². The molecule has 0 unspecified atom stereocenters. The first-order valence-corrected chi connectivity index (χ1v) is 37.8. The summed E-state index contributed by atoms with van der Waals surface area (Å²) in [5.74, 6) is -3.06. The third-order valence-electron chi connectivity index (χ3n) is 18.2. The maximum atomic E-state index is 14.4. The number of nitrogens with zero attached hydrogens (tertiary/aromatic N) is 10. The second-order valence-electron chi connectivity index (χ2n) is 25.1. The molecule has 4 atom stereocenters. The topological polar surface area (TPSA) is 309 Å². The molecule has 7 aromatic heterocycles. The second kappa shape index (κ2) is 31.6. The SMILES string of the molecule is CNC(=O)C[C@@H]1NC(=O)c2csc(n2)-c2ccc(-c3nc(NC(=O)C4CCC(C(=O)N5CCN(CCN6CCCCC6)CC5)CC4)cs3)nc2-c2csc(n2)-c2csc(n2)[C@H]([C@@H](O)c2ccccc2)NC(=O)CNC(=O)c2nc(sc2COC)[C@H](C(C)C)CC(=O)c2nc1sc2C. The van der Waals surface area contributed by atoms with E-state index in [1.54, 1.807) is 53.4 Å². The number of aliphatic hydroxyl groups is 1. The fourth-order valence-corrected chi connectivity index (χ4v) is 18.2. The Bertz CT molecular complexity index is 4140. The number of pyridine rings is 1. The number of anilines is 1. The normalized spacial score (nSPS) is 20.6. The fraction of sp³-hybridized carbons (Fsp3) is 0.463. The van der Waals surface area contributed by atoms with E-state index in [4.69, 9.17) is 39.6 Å². The summed E-state index contributed by atoms with van der Waals surface area (Å²) in [5.41, 5.74) is 3.06.